The molecule has 0 radical (unpaired) electrons. The van der Waals surface area contributed by atoms with Crippen LogP contribution in [0.25, 0.3) is 0 Å². The molecule has 1 aliphatic rings. The van der Waals surface area contributed by atoms with Crippen LogP contribution in [0.4, 0.5) is 18.0 Å². The second-order valence-electron chi connectivity index (χ2n) is 3.22. The van der Waals surface area contributed by atoms with Gasteiger partial charge in [0.15, 0.2) is 0 Å². The fourth-order valence-corrected chi connectivity index (χ4v) is 1.25. The zero-order chi connectivity index (χ0) is 12.7. The zero-order valence-corrected chi connectivity index (χ0v) is 8.31. The minimum atomic E-state index is -5.11. The van der Waals surface area contributed by atoms with Crippen molar-refractivity contribution < 1.29 is 27.6 Å². The third kappa shape index (κ3) is 1.57. The molecule has 0 aromatic heterocycles. The number of imide groups is 1. The Labute approximate surface area is 87.8 Å². The number of likely N-dealkylation sites (N-methyl/N-ethyl adjacent to an activating group) is 1. The van der Waals surface area contributed by atoms with Gasteiger partial charge in [-0.15, -0.1) is 0 Å². The molecule has 0 aliphatic carbocycles. The second kappa shape index (κ2) is 3.35. The summed E-state index contributed by atoms with van der Waals surface area (Å²) in [7, 11) is 0.882. The van der Waals surface area contributed by atoms with Crippen molar-refractivity contribution in [2.24, 2.45) is 0 Å². The molecule has 1 rings (SSSR count). The van der Waals surface area contributed by atoms with Gasteiger partial charge < -0.3 is 5.32 Å². The van der Waals surface area contributed by atoms with Gasteiger partial charge in [-0.25, -0.2) is 4.79 Å². The monoisotopic (exact) mass is 239 g/mol. The summed E-state index contributed by atoms with van der Waals surface area (Å²) in [6, 6.07) is -1.23. The quantitative estimate of drug-likeness (QED) is 0.609. The first kappa shape index (κ1) is 12.3. The van der Waals surface area contributed by atoms with Crippen LogP contribution in [-0.2, 0) is 9.59 Å². The minimum Gasteiger partial charge on any atom is -0.318 e. The first-order chi connectivity index (χ1) is 7.12. The van der Waals surface area contributed by atoms with Gasteiger partial charge in [-0.05, 0) is 0 Å². The van der Waals surface area contributed by atoms with Crippen LogP contribution in [0.15, 0.2) is 0 Å². The van der Waals surface area contributed by atoms with Gasteiger partial charge in [0, 0.05) is 14.0 Å². The van der Waals surface area contributed by atoms with Gasteiger partial charge in [0.2, 0.25) is 5.91 Å². The van der Waals surface area contributed by atoms with Gasteiger partial charge in [0.1, 0.15) is 0 Å². The van der Waals surface area contributed by atoms with Gasteiger partial charge in [-0.1, -0.05) is 0 Å². The van der Waals surface area contributed by atoms with Gasteiger partial charge in [0.25, 0.3) is 11.6 Å². The lowest BCUT2D eigenvalue weighted by Gasteiger charge is -2.28. The van der Waals surface area contributed by atoms with E-state index in [1.54, 1.807) is 0 Å². The molecule has 0 aromatic rings. The Balaban J connectivity index is 3.22. The third-order valence-electron chi connectivity index (χ3n) is 2.01. The number of amides is 4. The van der Waals surface area contributed by atoms with E-state index in [1.807, 2.05) is 0 Å². The van der Waals surface area contributed by atoms with Gasteiger partial charge in [-0.3, -0.25) is 19.8 Å². The van der Waals surface area contributed by atoms with Crippen LogP contribution in [0, 0.1) is 0 Å². The highest BCUT2D eigenvalue weighted by atomic mass is 19.4. The molecule has 0 aromatic carbocycles. The summed E-state index contributed by atoms with van der Waals surface area (Å²) in [6.07, 6.45) is -5.11. The van der Waals surface area contributed by atoms with E-state index in [0.29, 0.717) is 0 Å². The molecule has 1 atom stereocenters. The molecule has 1 aliphatic heterocycles. The van der Waals surface area contributed by atoms with E-state index in [4.69, 9.17) is 0 Å². The van der Waals surface area contributed by atoms with Crippen LogP contribution < -0.4 is 10.6 Å². The zero-order valence-electron chi connectivity index (χ0n) is 8.31. The van der Waals surface area contributed by atoms with Crippen molar-refractivity contribution in [3.63, 3.8) is 0 Å². The molecule has 16 heavy (non-hydrogen) atoms. The van der Waals surface area contributed by atoms with Crippen LogP contribution in [0.2, 0.25) is 0 Å². The maximum absolute atomic E-state index is 12.7. The number of hydrogen-bond acceptors (Lipinski definition) is 3. The Morgan fingerprint density at radius 1 is 1.44 bits per heavy atom. The van der Waals surface area contributed by atoms with E-state index in [9.17, 15) is 27.6 Å². The molecule has 1 heterocycles. The average molecular weight is 239 g/mol. The number of carbonyl (C=O) groups is 3. The largest absolute Gasteiger partial charge is 0.440 e. The molecule has 9 heteroatoms. The topological polar surface area (TPSA) is 78.5 Å². The van der Waals surface area contributed by atoms with E-state index in [-0.39, 0.29) is 4.90 Å². The summed E-state index contributed by atoms with van der Waals surface area (Å²) in [5, 5.41) is 2.84. The smallest absolute Gasteiger partial charge is 0.318 e. The van der Waals surface area contributed by atoms with Gasteiger partial charge >= 0.3 is 12.2 Å². The summed E-state index contributed by atoms with van der Waals surface area (Å²) in [4.78, 5) is 33.2. The van der Waals surface area contributed by atoms with Crippen molar-refractivity contribution in [2.75, 3.05) is 7.05 Å². The summed E-state index contributed by atoms with van der Waals surface area (Å²) in [5.41, 5.74) is -3.36. The van der Waals surface area contributed by atoms with Crippen molar-refractivity contribution in [3.8, 4) is 0 Å². The minimum absolute atomic E-state index is 0.253. The van der Waals surface area contributed by atoms with Crippen molar-refractivity contribution >= 4 is 17.8 Å². The summed E-state index contributed by atoms with van der Waals surface area (Å²) < 4.78 is 38.1. The lowest BCUT2D eigenvalue weighted by molar-refractivity contribution is -0.203. The van der Waals surface area contributed by atoms with Crippen molar-refractivity contribution in [2.45, 2.75) is 18.8 Å². The second-order valence-corrected chi connectivity index (χ2v) is 3.22. The molecule has 90 valence electrons. The molecule has 6 nitrogen and oxygen atoms in total. The number of carbonyl (C=O) groups excluding carboxylic acids is 3. The van der Waals surface area contributed by atoms with E-state index in [2.05, 4.69) is 0 Å². The van der Waals surface area contributed by atoms with E-state index >= 15 is 0 Å². The maximum Gasteiger partial charge on any atom is 0.440 e. The predicted octanol–water partition coefficient (Wildman–Crippen LogP) is -0.437. The SMILES string of the molecule is CC(=O)N[C@@]1(C(F)(F)F)NC(=O)N(C)C1=O. The maximum atomic E-state index is 12.7. The van der Waals surface area contributed by atoms with Crippen LogP contribution in [-0.4, -0.2) is 41.6 Å². The van der Waals surface area contributed by atoms with E-state index in [0.717, 1.165) is 14.0 Å². The molecule has 1 fully saturated rings. The highest BCUT2D eigenvalue weighted by Gasteiger charge is 2.67. The van der Waals surface area contributed by atoms with Crippen molar-refractivity contribution in [1.82, 2.24) is 15.5 Å². The number of nitrogens with zero attached hydrogens (tertiary/aromatic N) is 1. The lowest BCUT2D eigenvalue weighted by atomic mass is 10.1. The van der Waals surface area contributed by atoms with Crippen molar-refractivity contribution in [1.29, 1.82) is 0 Å². The average Bonchev–Trinajstić information content (AvgIpc) is 2.29. The van der Waals surface area contributed by atoms with Gasteiger partial charge in [0.05, 0.1) is 0 Å². The van der Waals surface area contributed by atoms with E-state index in [1.165, 1.54) is 10.6 Å². The van der Waals surface area contributed by atoms with E-state index < -0.39 is 29.7 Å². The normalized spacial score (nSPS) is 25.7. The fourth-order valence-electron chi connectivity index (χ4n) is 1.25. The molecular formula is C7H8F3N3O3. The lowest BCUT2D eigenvalue weighted by Crippen LogP contribution is -2.69. The summed E-state index contributed by atoms with van der Waals surface area (Å²) in [5.74, 6) is -2.65. The highest BCUT2D eigenvalue weighted by Crippen LogP contribution is 2.32. The number of nitrogens with one attached hydrogen (secondary N) is 2. The molecular weight excluding hydrogens is 231 g/mol. The number of urea groups is 1. The van der Waals surface area contributed by atoms with Gasteiger partial charge in [-0.2, -0.15) is 13.2 Å². The summed E-state index contributed by atoms with van der Waals surface area (Å²) in [6.45, 7) is 0.811. The molecule has 2 N–H and O–H groups in total. The predicted molar refractivity (Wildman–Crippen MR) is 43.9 cm³/mol. The third-order valence-corrected chi connectivity index (χ3v) is 2.01. The molecule has 4 amide bonds. The molecule has 0 unspecified atom stereocenters. The van der Waals surface area contributed by atoms with Crippen LogP contribution >= 0.6 is 0 Å². The Hall–Kier alpha value is -1.80. The molecule has 1 saturated heterocycles. The molecule has 0 bridgehead atoms. The first-order valence-corrected chi connectivity index (χ1v) is 4.07. The summed E-state index contributed by atoms with van der Waals surface area (Å²) >= 11 is 0. The number of halogens is 3. The molecule has 0 spiro atoms. The first-order valence-electron chi connectivity index (χ1n) is 4.07. The Morgan fingerprint density at radius 3 is 2.19 bits per heavy atom. The fraction of sp³-hybridized carbons (Fsp3) is 0.571. The number of alkyl halides is 3. The highest BCUT2D eigenvalue weighted by molar-refractivity contribution is 6.08. The van der Waals surface area contributed by atoms with Crippen LogP contribution in [0.1, 0.15) is 6.92 Å². The van der Waals surface area contributed by atoms with Crippen LogP contribution in [0.3, 0.4) is 0 Å². The van der Waals surface area contributed by atoms with Crippen LogP contribution in [0.5, 0.6) is 0 Å². The standard InChI is InChI=1S/C7H8F3N3O3/c1-3(14)11-6(7(8,9)10)4(15)13(2)5(16)12-6/h1-2H3,(H,11,14)(H,12,16)/t6-/m1/s1. The Kier molecular flexibility index (Phi) is 2.57. The Bertz CT molecular complexity index is 364. The molecule has 0 saturated carbocycles. The van der Waals surface area contributed by atoms with Crippen molar-refractivity contribution in [3.05, 3.63) is 0 Å². The Morgan fingerprint density at radius 2 is 1.94 bits per heavy atom. The number of hydrogen-bond donors (Lipinski definition) is 2. The number of rotatable bonds is 1.